The molecule has 3 aromatic rings. The SMILES string of the molecule is CS(=O)(=O)c1ccc(N=Nc2c(O)c(S(=O)(=O)O)cc3cc(S(=O)(=O)O)ccc23)c(O)c1. The molecule has 12 nitrogen and oxygen atoms in total. The average Bonchev–Trinajstić information content (AvgIpc) is 2.65. The van der Waals surface area contributed by atoms with E-state index >= 15 is 0 Å². The van der Waals surface area contributed by atoms with Crippen molar-refractivity contribution >= 4 is 52.2 Å². The fourth-order valence-electron chi connectivity index (χ4n) is 2.71. The number of phenols is 2. The number of benzene rings is 3. The lowest BCUT2D eigenvalue weighted by Crippen LogP contribution is -2.00. The molecule has 0 aliphatic carbocycles. The quantitative estimate of drug-likeness (QED) is 0.296. The van der Waals surface area contributed by atoms with Crippen LogP contribution in [0.4, 0.5) is 11.4 Å². The summed E-state index contributed by atoms with van der Waals surface area (Å²) in [7, 11) is -13.3. The summed E-state index contributed by atoms with van der Waals surface area (Å²) in [6.45, 7) is 0. The smallest absolute Gasteiger partial charge is 0.298 e. The first-order chi connectivity index (χ1) is 14.6. The number of aromatic hydroxyl groups is 2. The molecular weight excluding hydrogens is 488 g/mol. The summed E-state index contributed by atoms with van der Waals surface area (Å²) in [6, 6.07) is 6.87. The van der Waals surface area contributed by atoms with Crippen LogP contribution in [0, 0.1) is 0 Å². The Kier molecular flexibility index (Phi) is 5.73. The molecule has 3 aromatic carbocycles. The average molecular weight is 503 g/mol. The highest BCUT2D eigenvalue weighted by Crippen LogP contribution is 2.42. The van der Waals surface area contributed by atoms with Gasteiger partial charge in [-0.3, -0.25) is 9.11 Å². The highest BCUT2D eigenvalue weighted by atomic mass is 32.2. The first-order valence-electron chi connectivity index (χ1n) is 8.28. The van der Waals surface area contributed by atoms with Gasteiger partial charge in [0.2, 0.25) is 0 Å². The summed E-state index contributed by atoms with van der Waals surface area (Å²) in [5, 5.41) is 27.6. The van der Waals surface area contributed by atoms with E-state index < -0.39 is 57.1 Å². The predicted molar refractivity (Wildman–Crippen MR) is 111 cm³/mol. The second kappa shape index (κ2) is 7.79. The highest BCUT2D eigenvalue weighted by molar-refractivity contribution is 7.90. The minimum atomic E-state index is -4.99. The molecule has 0 fully saturated rings. The van der Waals surface area contributed by atoms with Crippen molar-refractivity contribution in [2.75, 3.05) is 6.26 Å². The van der Waals surface area contributed by atoms with E-state index in [4.69, 9.17) is 0 Å². The van der Waals surface area contributed by atoms with E-state index in [0.29, 0.717) is 0 Å². The Bertz CT molecular complexity index is 1610. The van der Waals surface area contributed by atoms with E-state index in [0.717, 1.165) is 48.7 Å². The van der Waals surface area contributed by atoms with Crippen LogP contribution in [0.25, 0.3) is 10.8 Å². The number of sulfone groups is 1. The first kappa shape index (κ1) is 23.6. The molecule has 0 saturated heterocycles. The van der Waals surface area contributed by atoms with Crippen molar-refractivity contribution in [2.45, 2.75) is 14.7 Å². The topological polar surface area (TPSA) is 208 Å². The lowest BCUT2D eigenvalue weighted by atomic mass is 10.1. The molecule has 4 N–H and O–H groups in total. The molecule has 0 aliphatic rings. The summed E-state index contributed by atoms with van der Waals surface area (Å²) in [5.41, 5.74) is -0.750. The van der Waals surface area contributed by atoms with Gasteiger partial charge in [0.05, 0.1) is 9.79 Å². The van der Waals surface area contributed by atoms with Gasteiger partial charge in [0, 0.05) is 17.7 Å². The van der Waals surface area contributed by atoms with E-state index in [1.165, 1.54) is 0 Å². The van der Waals surface area contributed by atoms with Gasteiger partial charge in [-0.05, 0) is 35.7 Å². The third-order valence-electron chi connectivity index (χ3n) is 4.23. The fourth-order valence-corrected chi connectivity index (χ4v) is 4.48. The minimum absolute atomic E-state index is 0.0155. The van der Waals surface area contributed by atoms with Gasteiger partial charge in [0.25, 0.3) is 20.2 Å². The lowest BCUT2D eigenvalue weighted by molar-refractivity contribution is 0.444. The summed E-state index contributed by atoms with van der Waals surface area (Å²) >= 11 is 0. The molecule has 0 saturated carbocycles. The highest BCUT2D eigenvalue weighted by Gasteiger charge is 2.23. The largest absolute Gasteiger partial charge is 0.506 e. The Balaban J connectivity index is 2.26. The third-order valence-corrected chi connectivity index (χ3v) is 7.06. The van der Waals surface area contributed by atoms with Crippen LogP contribution in [0.1, 0.15) is 0 Å². The van der Waals surface area contributed by atoms with Crippen molar-refractivity contribution < 1.29 is 44.6 Å². The Morgan fingerprint density at radius 3 is 1.91 bits per heavy atom. The van der Waals surface area contributed by atoms with E-state index in [-0.39, 0.29) is 21.4 Å². The molecule has 0 amide bonds. The molecule has 170 valence electrons. The van der Waals surface area contributed by atoms with Crippen molar-refractivity contribution in [3.05, 3.63) is 42.5 Å². The molecule has 0 spiro atoms. The van der Waals surface area contributed by atoms with E-state index in [1.807, 2.05) is 0 Å². The summed E-state index contributed by atoms with van der Waals surface area (Å²) in [5.74, 6) is -1.60. The third kappa shape index (κ3) is 4.71. The van der Waals surface area contributed by atoms with Crippen molar-refractivity contribution in [3.8, 4) is 11.5 Å². The van der Waals surface area contributed by atoms with Crippen molar-refractivity contribution in [1.82, 2.24) is 0 Å². The van der Waals surface area contributed by atoms with Crippen LogP contribution in [-0.2, 0) is 30.1 Å². The number of azo groups is 1. The van der Waals surface area contributed by atoms with Gasteiger partial charge in [-0.15, -0.1) is 10.2 Å². The van der Waals surface area contributed by atoms with Crippen molar-refractivity contribution in [1.29, 1.82) is 0 Å². The second-order valence-electron chi connectivity index (χ2n) is 6.53. The summed E-state index contributed by atoms with van der Waals surface area (Å²) in [6.07, 6.45) is 0.925. The maximum atomic E-state index is 11.7. The number of rotatable bonds is 5. The standard InChI is InChI=1S/C17H14N2O10S3/c1-30(22,23)10-3-5-13(14(20)8-10)18-19-16-12-4-2-11(31(24,25)26)6-9(12)7-15(17(16)21)32(27,28)29/h2-8,20-21H,1H3,(H,24,25,26)(H,27,28,29). The van der Waals surface area contributed by atoms with Crippen LogP contribution >= 0.6 is 0 Å². The van der Waals surface area contributed by atoms with E-state index in [1.54, 1.807) is 0 Å². The Hall–Kier alpha value is -3.11. The zero-order valence-electron chi connectivity index (χ0n) is 15.9. The zero-order chi connectivity index (χ0) is 24.1. The first-order valence-corrected chi connectivity index (χ1v) is 13.1. The molecule has 0 radical (unpaired) electrons. The molecular formula is C17H14N2O10S3. The number of phenolic OH excluding ortho intramolecular Hbond substituents is 2. The summed E-state index contributed by atoms with van der Waals surface area (Å²) in [4.78, 5) is -1.80. The van der Waals surface area contributed by atoms with Crippen LogP contribution in [0.15, 0.2) is 67.4 Å². The van der Waals surface area contributed by atoms with Gasteiger partial charge in [0.1, 0.15) is 22.0 Å². The monoisotopic (exact) mass is 502 g/mol. The number of nitrogens with zero attached hydrogens (tertiary/aromatic N) is 2. The van der Waals surface area contributed by atoms with Crippen LogP contribution in [0.5, 0.6) is 11.5 Å². The van der Waals surface area contributed by atoms with Crippen LogP contribution in [0.3, 0.4) is 0 Å². The number of fused-ring (bicyclic) bond motifs is 1. The molecule has 0 heterocycles. The minimum Gasteiger partial charge on any atom is -0.506 e. The molecule has 0 aliphatic heterocycles. The second-order valence-corrected chi connectivity index (χ2v) is 11.4. The van der Waals surface area contributed by atoms with Crippen molar-refractivity contribution in [3.63, 3.8) is 0 Å². The molecule has 15 heteroatoms. The molecule has 3 rings (SSSR count). The molecule has 0 unspecified atom stereocenters. The fraction of sp³-hybridized carbons (Fsp3) is 0.0588. The van der Waals surface area contributed by atoms with Crippen LogP contribution < -0.4 is 0 Å². The maximum absolute atomic E-state index is 11.7. The molecule has 32 heavy (non-hydrogen) atoms. The van der Waals surface area contributed by atoms with Gasteiger partial charge < -0.3 is 10.2 Å². The van der Waals surface area contributed by atoms with Gasteiger partial charge >= 0.3 is 0 Å². The maximum Gasteiger partial charge on any atom is 0.298 e. The number of hydrogen-bond donors (Lipinski definition) is 4. The molecule has 0 bridgehead atoms. The van der Waals surface area contributed by atoms with Gasteiger partial charge in [-0.2, -0.15) is 16.8 Å². The molecule has 0 atom stereocenters. The molecule has 0 aromatic heterocycles. The number of hydrogen-bond acceptors (Lipinski definition) is 10. The lowest BCUT2D eigenvalue weighted by Gasteiger charge is -2.09. The van der Waals surface area contributed by atoms with E-state index in [9.17, 15) is 44.6 Å². The van der Waals surface area contributed by atoms with Gasteiger partial charge in [-0.1, -0.05) is 6.07 Å². The normalized spacial score (nSPS) is 13.1. The zero-order valence-corrected chi connectivity index (χ0v) is 18.3. The van der Waals surface area contributed by atoms with E-state index in [2.05, 4.69) is 10.2 Å². The van der Waals surface area contributed by atoms with Gasteiger partial charge in [0.15, 0.2) is 15.6 Å². The Morgan fingerprint density at radius 1 is 0.750 bits per heavy atom. The Labute approximate surface area is 181 Å². The van der Waals surface area contributed by atoms with Gasteiger partial charge in [-0.25, -0.2) is 8.42 Å². The van der Waals surface area contributed by atoms with Crippen LogP contribution in [-0.4, -0.2) is 50.8 Å². The van der Waals surface area contributed by atoms with Crippen LogP contribution in [0.2, 0.25) is 0 Å². The van der Waals surface area contributed by atoms with Crippen molar-refractivity contribution in [2.24, 2.45) is 10.2 Å². The Morgan fingerprint density at radius 2 is 1.38 bits per heavy atom. The predicted octanol–water partition coefficient (Wildman–Crippen LogP) is 2.56. The summed E-state index contributed by atoms with van der Waals surface area (Å²) < 4.78 is 87.8.